The molecule has 7 nitrogen and oxygen atoms in total. The van der Waals surface area contributed by atoms with E-state index < -0.39 is 4.92 Å². The Morgan fingerprint density at radius 3 is 2.92 bits per heavy atom. The number of pyridine rings is 1. The number of hydrogen-bond acceptors (Lipinski definition) is 5. The first-order valence-electron chi connectivity index (χ1n) is 7.52. The van der Waals surface area contributed by atoms with Gasteiger partial charge in [-0.2, -0.15) is 5.10 Å². The van der Waals surface area contributed by atoms with Gasteiger partial charge in [0.2, 0.25) is 5.91 Å². The number of hydrazone groups is 1. The highest BCUT2D eigenvalue weighted by Gasteiger charge is 2.08. The van der Waals surface area contributed by atoms with Crippen LogP contribution in [0.15, 0.2) is 65.9 Å². The Morgan fingerprint density at radius 1 is 1.20 bits per heavy atom. The van der Waals surface area contributed by atoms with Crippen LogP contribution in [0, 0.1) is 10.1 Å². The quantitative estimate of drug-likeness (QED) is 0.441. The fourth-order valence-corrected chi connectivity index (χ4v) is 2.36. The minimum atomic E-state index is -0.492. The van der Waals surface area contributed by atoms with Crippen molar-refractivity contribution in [2.75, 3.05) is 0 Å². The zero-order valence-corrected chi connectivity index (χ0v) is 13.1. The van der Waals surface area contributed by atoms with Crippen LogP contribution in [0.25, 0.3) is 10.9 Å². The fraction of sp³-hybridized carbons (Fsp3) is 0.0556. The molecule has 0 bridgehead atoms. The molecular weight excluding hydrogens is 320 g/mol. The van der Waals surface area contributed by atoms with Crippen LogP contribution in [0.3, 0.4) is 0 Å². The van der Waals surface area contributed by atoms with Crippen molar-refractivity contribution < 1.29 is 9.72 Å². The Kier molecular flexibility index (Phi) is 4.75. The van der Waals surface area contributed by atoms with E-state index in [1.165, 1.54) is 18.3 Å². The van der Waals surface area contributed by atoms with Crippen LogP contribution in [0.1, 0.15) is 11.1 Å². The van der Waals surface area contributed by atoms with Gasteiger partial charge >= 0.3 is 0 Å². The lowest BCUT2D eigenvalue weighted by Crippen LogP contribution is -2.19. The average Bonchev–Trinajstić information content (AvgIpc) is 2.62. The number of non-ortho nitro benzene ring substituents is 1. The van der Waals surface area contributed by atoms with Crippen molar-refractivity contribution in [3.8, 4) is 0 Å². The smallest absolute Gasteiger partial charge is 0.269 e. The van der Waals surface area contributed by atoms with Gasteiger partial charge < -0.3 is 0 Å². The van der Waals surface area contributed by atoms with Gasteiger partial charge in [-0.1, -0.05) is 24.3 Å². The highest BCUT2D eigenvalue weighted by atomic mass is 16.6. The highest BCUT2D eigenvalue weighted by Crippen LogP contribution is 2.14. The summed E-state index contributed by atoms with van der Waals surface area (Å²) in [4.78, 5) is 26.4. The highest BCUT2D eigenvalue weighted by molar-refractivity contribution is 5.89. The Morgan fingerprint density at radius 2 is 2.08 bits per heavy atom. The molecule has 0 spiro atoms. The van der Waals surface area contributed by atoms with Crippen molar-refractivity contribution in [1.82, 2.24) is 10.4 Å². The lowest BCUT2D eigenvalue weighted by atomic mass is 10.1. The van der Waals surface area contributed by atoms with Gasteiger partial charge in [-0.05, 0) is 29.3 Å². The molecular formula is C18H14N4O3. The summed E-state index contributed by atoms with van der Waals surface area (Å²) in [5.41, 5.74) is 4.65. The van der Waals surface area contributed by atoms with Crippen molar-refractivity contribution in [3.63, 3.8) is 0 Å². The number of aromatic nitrogens is 1. The number of nitrogens with one attached hydrogen (secondary N) is 1. The second kappa shape index (κ2) is 7.31. The monoisotopic (exact) mass is 334 g/mol. The minimum Gasteiger partial charge on any atom is -0.273 e. The third-order valence-corrected chi connectivity index (χ3v) is 3.52. The number of fused-ring (bicyclic) bond motifs is 1. The predicted molar refractivity (Wildman–Crippen MR) is 94.3 cm³/mol. The number of benzene rings is 2. The Labute approximate surface area is 143 Å². The van der Waals surface area contributed by atoms with Crippen molar-refractivity contribution in [3.05, 3.63) is 82.0 Å². The summed E-state index contributed by atoms with van der Waals surface area (Å²) in [5.74, 6) is -0.348. The van der Waals surface area contributed by atoms with Crippen molar-refractivity contribution in [2.24, 2.45) is 5.10 Å². The van der Waals surface area contributed by atoms with Gasteiger partial charge in [0.15, 0.2) is 0 Å². The van der Waals surface area contributed by atoms with Crippen molar-refractivity contribution in [2.45, 2.75) is 6.42 Å². The van der Waals surface area contributed by atoms with Crippen LogP contribution in [-0.2, 0) is 11.2 Å². The Hall–Kier alpha value is -3.61. The SMILES string of the molecule is O=C(Cc1cccc([N+](=O)[O-])c1)NN=Cc1ccc2ncccc2c1. The number of carbonyl (C=O) groups excluding carboxylic acids is 1. The molecule has 124 valence electrons. The molecule has 0 saturated carbocycles. The molecule has 3 rings (SSSR count). The summed E-state index contributed by atoms with van der Waals surface area (Å²) in [6.45, 7) is 0. The molecule has 2 aromatic carbocycles. The van der Waals surface area contributed by atoms with E-state index in [4.69, 9.17) is 0 Å². The number of nitro groups is 1. The molecule has 25 heavy (non-hydrogen) atoms. The van der Waals surface area contributed by atoms with Crippen LogP contribution in [0.4, 0.5) is 5.69 Å². The van der Waals surface area contributed by atoms with E-state index in [1.54, 1.807) is 18.3 Å². The van der Waals surface area contributed by atoms with E-state index in [0.717, 1.165) is 16.5 Å². The predicted octanol–water partition coefficient (Wildman–Crippen LogP) is 2.84. The maximum absolute atomic E-state index is 11.9. The molecule has 0 unspecified atom stereocenters. The summed E-state index contributed by atoms with van der Waals surface area (Å²) >= 11 is 0. The summed E-state index contributed by atoms with van der Waals surface area (Å²) in [6, 6.07) is 15.4. The van der Waals surface area contributed by atoms with Crippen LogP contribution in [-0.4, -0.2) is 22.0 Å². The van der Waals surface area contributed by atoms with E-state index in [9.17, 15) is 14.9 Å². The maximum Gasteiger partial charge on any atom is 0.269 e. The van der Waals surface area contributed by atoms with E-state index in [2.05, 4.69) is 15.5 Å². The fourth-order valence-electron chi connectivity index (χ4n) is 2.36. The van der Waals surface area contributed by atoms with Gasteiger partial charge in [-0.3, -0.25) is 19.9 Å². The van der Waals surface area contributed by atoms with E-state index in [-0.39, 0.29) is 18.0 Å². The summed E-state index contributed by atoms with van der Waals surface area (Å²) in [7, 11) is 0. The van der Waals surface area contributed by atoms with Crippen LogP contribution >= 0.6 is 0 Å². The average molecular weight is 334 g/mol. The number of carbonyl (C=O) groups is 1. The zero-order valence-electron chi connectivity index (χ0n) is 13.1. The maximum atomic E-state index is 11.9. The molecule has 1 heterocycles. The van der Waals surface area contributed by atoms with E-state index >= 15 is 0 Å². The third kappa shape index (κ3) is 4.23. The van der Waals surface area contributed by atoms with Crippen molar-refractivity contribution in [1.29, 1.82) is 0 Å². The summed E-state index contributed by atoms with van der Waals surface area (Å²) < 4.78 is 0. The Bertz CT molecular complexity index is 969. The van der Waals surface area contributed by atoms with Crippen LogP contribution in [0.2, 0.25) is 0 Å². The second-order valence-corrected chi connectivity index (χ2v) is 5.35. The lowest BCUT2D eigenvalue weighted by Gasteiger charge is -2.01. The molecule has 1 aromatic heterocycles. The van der Waals surface area contributed by atoms with E-state index in [0.29, 0.717) is 5.56 Å². The van der Waals surface area contributed by atoms with Gasteiger partial charge in [-0.15, -0.1) is 0 Å². The summed E-state index contributed by atoms with van der Waals surface area (Å²) in [5, 5.41) is 15.6. The number of nitro benzene ring substituents is 1. The van der Waals surface area contributed by atoms with Crippen LogP contribution in [0.5, 0.6) is 0 Å². The topological polar surface area (TPSA) is 97.5 Å². The number of amides is 1. The number of rotatable bonds is 5. The number of nitrogens with zero attached hydrogens (tertiary/aromatic N) is 3. The molecule has 7 heteroatoms. The molecule has 0 radical (unpaired) electrons. The number of hydrogen-bond donors (Lipinski definition) is 1. The molecule has 1 N–H and O–H groups in total. The first kappa shape index (κ1) is 16.3. The minimum absolute atomic E-state index is 0.0145. The molecule has 0 aliphatic heterocycles. The molecule has 0 aliphatic carbocycles. The van der Waals surface area contributed by atoms with Gasteiger partial charge in [-0.25, -0.2) is 5.43 Å². The first-order valence-corrected chi connectivity index (χ1v) is 7.52. The molecule has 0 aliphatic rings. The lowest BCUT2D eigenvalue weighted by molar-refractivity contribution is -0.384. The van der Waals surface area contributed by atoms with Crippen molar-refractivity contribution >= 4 is 28.7 Å². The van der Waals surface area contributed by atoms with Gasteiger partial charge in [0.1, 0.15) is 0 Å². The van der Waals surface area contributed by atoms with Gasteiger partial charge in [0.25, 0.3) is 5.69 Å². The second-order valence-electron chi connectivity index (χ2n) is 5.35. The van der Waals surface area contributed by atoms with E-state index in [1.807, 2.05) is 30.3 Å². The molecule has 0 saturated heterocycles. The Balaban J connectivity index is 1.62. The zero-order chi connectivity index (χ0) is 17.6. The van der Waals surface area contributed by atoms with Crippen LogP contribution < -0.4 is 5.43 Å². The summed E-state index contributed by atoms with van der Waals surface area (Å²) in [6.07, 6.45) is 3.28. The normalized spacial score (nSPS) is 10.9. The standard InChI is InChI=1S/C18H14N4O3/c23-18(11-13-3-1-5-16(10-13)22(24)25)21-20-12-14-6-7-17-15(9-14)4-2-8-19-17/h1-10,12H,11H2,(H,21,23). The third-order valence-electron chi connectivity index (χ3n) is 3.52. The van der Waals surface area contributed by atoms with Gasteiger partial charge in [0.05, 0.1) is 23.1 Å². The largest absolute Gasteiger partial charge is 0.273 e. The molecule has 0 fully saturated rings. The molecule has 1 amide bonds. The first-order chi connectivity index (χ1) is 12.1. The molecule has 3 aromatic rings. The molecule has 0 atom stereocenters. The van der Waals surface area contributed by atoms with Gasteiger partial charge in [0, 0.05) is 23.7 Å².